The quantitative estimate of drug-likeness (QED) is 0.472. The number of carbonyl (C=O) groups is 1. The van der Waals surface area contributed by atoms with Crippen LogP contribution in [-0.2, 0) is 9.84 Å². The number of hydrogen-bond donors (Lipinski definition) is 1. The molecule has 0 fully saturated rings. The van der Waals surface area contributed by atoms with Crippen molar-refractivity contribution in [3.63, 3.8) is 0 Å². The predicted molar refractivity (Wildman–Crippen MR) is 120 cm³/mol. The Bertz CT molecular complexity index is 1220. The molecule has 0 aliphatic heterocycles. The molecule has 1 N–H and O–H groups in total. The normalized spacial score (nSPS) is 11.2. The molecule has 0 radical (unpaired) electrons. The SMILES string of the molecule is CS(=O)(=O)c1ccc(C(=O)Nc2nc(-c3ccccc3)c(-c3ccccc3)s2)cc1. The second-order valence-electron chi connectivity index (χ2n) is 6.68. The van der Waals surface area contributed by atoms with Crippen molar-refractivity contribution in [2.75, 3.05) is 11.6 Å². The number of anilines is 1. The minimum absolute atomic E-state index is 0.172. The maximum absolute atomic E-state index is 12.7. The zero-order chi connectivity index (χ0) is 21.1. The van der Waals surface area contributed by atoms with Crippen LogP contribution in [0.25, 0.3) is 21.7 Å². The Morgan fingerprint density at radius 1 is 0.833 bits per heavy atom. The van der Waals surface area contributed by atoms with Crippen molar-refractivity contribution >= 4 is 32.2 Å². The number of thiazole rings is 1. The highest BCUT2D eigenvalue weighted by Crippen LogP contribution is 2.39. The van der Waals surface area contributed by atoms with Crippen LogP contribution >= 0.6 is 11.3 Å². The minimum atomic E-state index is -3.31. The van der Waals surface area contributed by atoms with Crippen LogP contribution in [0.2, 0.25) is 0 Å². The molecule has 0 saturated carbocycles. The van der Waals surface area contributed by atoms with E-state index in [0.29, 0.717) is 10.7 Å². The van der Waals surface area contributed by atoms with Crippen LogP contribution in [0.1, 0.15) is 10.4 Å². The number of amides is 1. The second-order valence-corrected chi connectivity index (χ2v) is 9.69. The van der Waals surface area contributed by atoms with Crippen LogP contribution in [0.15, 0.2) is 89.8 Å². The van der Waals surface area contributed by atoms with Gasteiger partial charge in [0.15, 0.2) is 15.0 Å². The van der Waals surface area contributed by atoms with Crippen molar-refractivity contribution in [2.24, 2.45) is 0 Å². The van der Waals surface area contributed by atoms with Gasteiger partial charge in [0.2, 0.25) is 0 Å². The Labute approximate surface area is 179 Å². The molecule has 3 aromatic carbocycles. The summed E-state index contributed by atoms with van der Waals surface area (Å²) in [7, 11) is -3.31. The third-order valence-electron chi connectivity index (χ3n) is 4.48. The third-order valence-corrected chi connectivity index (χ3v) is 6.62. The molecule has 4 rings (SSSR count). The summed E-state index contributed by atoms with van der Waals surface area (Å²) in [5.41, 5.74) is 3.15. The monoisotopic (exact) mass is 434 g/mol. The molecule has 4 aromatic rings. The average Bonchev–Trinajstić information content (AvgIpc) is 3.18. The molecule has 7 heteroatoms. The van der Waals surface area contributed by atoms with Crippen molar-refractivity contribution < 1.29 is 13.2 Å². The maximum Gasteiger partial charge on any atom is 0.257 e. The van der Waals surface area contributed by atoms with Gasteiger partial charge in [-0.3, -0.25) is 10.1 Å². The number of benzene rings is 3. The van der Waals surface area contributed by atoms with E-state index in [1.165, 1.54) is 35.6 Å². The van der Waals surface area contributed by atoms with Gasteiger partial charge in [-0.2, -0.15) is 0 Å². The first kappa shape index (κ1) is 20.0. The molecule has 0 unspecified atom stereocenters. The van der Waals surface area contributed by atoms with Gasteiger partial charge in [-0.15, -0.1) is 0 Å². The van der Waals surface area contributed by atoms with E-state index in [-0.39, 0.29) is 10.8 Å². The molecule has 30 heavy (non-hydrogen) atoms. The summed E-state index contributed by atoms with van der Waals surface area (Å²) in [6.45, 7) is 0. The average molecular weight is 435 g/mol. The lowest BCUT2D eigenvalue weighted by Crippen LogP contribution is -2.11. The largest absolute Gasteiger partial charge is 0.298 e. The lowest BCUT2D eigenvalue weighted by atomic mass is 10.1. The van der Waals surface area contributed by atoms with Crippen LogP contribution < -0.4 is 5.32 Å². The Balaban J connectivity index is 1.66. The molecule has 0 aliphatic carbocycles. The van der Waals surface area contributed by atoms with Gasteiger partial charge in [0.25, 0.3) is 5.91 Å². The van der Waals surface area contributed by atoms with Gasteiger partial charge in [-0.05, 0) is 29.8 Å². The number of sulfone groups is 1. The van der Waals surface area contributed by atoms with Crippen LogP contribution in [0.3, 0.4) is 0 Å². The summed E-state index contributed by atoms with van der Waals surface area (Å²) in [5.74, 6) is -0.344. The molecule has 0 atom stereocenters. The Hall–Kier alpha value is -3.29. The fourth-order valence-corrected chi connectivity index (χ4v) is 4.59. The fraction of sp³-hybridized carbons (Fsp3) is 0.0435. The van der Waals surface area contributed by atoms with Crippen molar-refractivity contribution in [3.05, 3.63) is 90.5 Å². The Kier molecular flexibility index (Phi) is 5.48. The number of nitrogens with zero attached hydrogens (tertiary/aromatic N) is 1. The Morgan fingerprint density at radius 3 is 1.97 bits per heavy atom. The van der Waals surface area contributed by atoms with Gasteiger partial charge in [0, 0.05) is 17.4 Å². The van der Waals surface area contributed by atoms with Crippen molar-refractivity contribution in [1.29, 1.82) is 0 Å². The summed E-state index contributed by atoms with van der Waals surface area (Å²) >= 11 is 1.40. The van der Waals surface area contributed by atoms with E-state index in [9.17, 15) is 13.2 Å². The molecule has 1 aromatic heterocycles. The molecule has 1 heterocycles. The second kappa shape index (κ2) is 8.22. The van der Waals surface area contributed by atoms with E-state index in [2.05, 4.69) is 10.3 Å². The van der Waals surface area contributed by atoms with Gasteiger partial charge in [-0.25, -0.2) is 13.4 Å². The smallest absolute Gasteiger partial charge is 0.257 e. The van der Waals surface area contributed by atoms with E-state index in [1.807, 2.05) is 60.7 Å². The van der Waals surface area contributed by atoms with Gasteiger partial charge in [-0.1, -0.05) is 72.0 Å². The van der Waals surface area contributed by atoms with Crippen LogP contribution in [0, 0.1) is 0 Å². The van der Waals surface area contributed by atoms with E-state index in [4.69, 9.17) is 0 Å². The highest BCUT2D eigenvalue weighted by molar-refractivity contribution is 7.90. The van der Waals surface area contributed by atoms with Gasteiger partial charge in [0.1, 0.15) is 0 Å². The molecular formula is C23H18N2O3S2. The van der Waals surface area contributed by atoms with Gasteiger partial charge >= 0.3 is 0 Å². The summed E-state index contributed by atoms with van der Waals surface area (Å²) < 4.78 is 23.2. The highest BCUT2D eigenvalue weighted by atomic mass is 32.2. The zero-order valence-electron chi connectivity index (χ0n) is 16.1. The molecule has 0 saturated heterocycles. The topological polar surface area (TPSA) is 76.1 Å². The highest BCUT2D eigenvalue weighted by Gasteiger charge is 2.17. The lowest BCUT2D eigenvalue weighted by molar-refractivity contribution is 0.102. The predicted octanol–water partition coefficient (Wildman–Crippen LogP) is 5.13. The van der Waals surface area contributed by atoms with E-state index in [0.717, 1.165) is 28.0 Å². The first-order chi connectivity index (χ1) is 14.4. The molecule has 0 aliphatic rings. The number of nitrogens with one attached hydrogen (secondary N) is 1. The number of carbonyl (C=O) groups excluding carboxylic acids is 1. The van der Waals surface area contributed by atoms with Crippen LogP contribution in [0.5, 0.6) is 0 Å². The molecule has 150 valence electrons. The minimum Gasteiger partial charge on any atom is -0.298 e. The number of rotatable bonds is 5. The molecule has 0 spiro atoms. The maximum atomic E-state index is 12.7. The first-order valence-electron chi connectivity index (χ1n) is 9.15. The van der Waals surface area contributed by atoms with Crippen molar-refractivity contribution in [3.8, 4) is 21.7 Å². The van der Waals surface area contributed by atoms with E-state index in [1.54, 1.807) is 0 Å². The first-order valence-corrected chi connectivity index (χ1v) is 11.9. The van der Waals surface area contributed by atoms with Gasteiger partial charge < -0.3 is 0 Å². The summed E-state index contributed by atoms with van der Waals surface area (Å²) in [4.78, 5) is 18.5. The number of hydrogen-bond acceptors (Lipinski definition) is 5. The van der Waals surface area contributed by atoms with Crippen LogP contribution in [-0.4, -0.2) is 25.6 Å². The standard InChI is InChI=1S/C23H18N2O3S2/c1-30(27,28)19-14-12-18(13-15-19)22(26)25-23-24-20(16-8-4-2-5-9-16)21(29-23)17-10-6-3-7-11-17/h2-15H,1H3,(H,24,25,26). The number of aromatic nitrogens is 1. The van der Waals surface area contributed by atoms with Crippen LogP contribution in [0.4, 0.5) is 5.13 Å². The lowest BCUT2D eigenvalue weighted by Gasteiger charge is -2.03. The third kappa shape index (κ3) is 4.32. The fourth-order valence-electron chi connectivity index (χ4n) is 2.97. The molecular weight excluding hydrogens is 416 g/mol. The summed E-state index contributed by atoms with van der Waals surface area (Å²) in [6, 6.07) is 25.6. The summed E-state index contributed by atoms with van der Waals surface area (Å²) in [5, 5.41) is 3.31. The van der Waals surface area contributed by atoms with Crippen molar-refractivity contribution in [1.82, 2.24) is 4.98 Å². The van der Waals surface area contributed by atoms with E-state index < -0.39 is 9.84 Å². The Morgan fingerprint density at radius 2 is 1.40 bits per heavy atom. The van der Waals surface area contributed by atoms with E-state index >= 15 is 0 Å². The molecule has 1 amide bonds. The molecule has 0 bridgehead atoms. The summed E-state index contributed by atoms with van der Waals surface area (Å²) in [6.07, 6.45) is 1.13. The van der Waals surface area contributed by atoms with Gasteiger partial charge in [0.05, 0.1) is 15.5 Å². The van der Waals surface area contributed by atoms with Crippen molar-refractivity contribution in [2.45, 2.75) is 4.90 Å². The zero-order valence-corrected chi connectivity index (χ0v) is 17.7. The molecule has 5 nitrogen and oxygen atoms in total.